The first-order valence-electron chi connectivity index (χ1n) is 6.99. The number of nitrogens with one attached hydrogen (secondary N) is 1. The minimum absolute atomic E-state index is 0.143. The first kappa shape index (κ1) is 17.5. The molecule has 0 aliphatic carbocycles. The molecule has 0 unspecified atom stereocenters. The molecule has 0 bridgehead atoms. The van der Waals surface area contributed by atoms with Crippen LogP contribution in [0.2, 0.25) is 0 Å². The van der Waals surface area contributed by atoms with E-state index in [1.54, 1.807) is 36.5 Å². The van der Waals surface area contributed by atoms with Crippen LogP contribution in [0.1, 0.15) is 21.7 Å². The summed E-state index contributed by atoms with van der Waals surface area (Å²) in [6, 6.07) is 8.42. The standard InChI is InChI=1S/C17H13N3O5/c1-9-12(3-2-4-13(9)16(22)23)14-6-5-11(25-14)7-10(8-18)15(21)20-17(19)24/h2-7H,1H3,(H,22,23)(H3,19,20,21,24). The molecule has 2 rings (SSSR count). The first-order chi connectivity index (χ1) is 11.8. The second kappa shape index (κ2) is 7.14. The number of urea groups is 1. The Balaban J connectivity index is 2.38. The summed E-state index contributed by atoms with van der Waals surface area (Å²) in [5.74, 6) is -1.44. The zero-order chi connectivity index (χ0) is 18.6. The maximum atomic E-state index is 11.6. The number of furan rings is 1. The molecule has 1 aromatic heterocycles. The molecule has 0 aliphatic rings. The lowest BCUT2D eigenvalue weighted by atomic mass is 10.0. The molecule has 0 fully saturated rings. The Morgan fingerprint density at radius 3 is 2.60 bits per heavy atom. The van der Waals surface area contributed by atoms with Crippen molar-refractivity contribution in [3.8, 4) is 17.4 Å². The SMILES string of the molecule is Cc1c(C(=O)O)cccc1-c1ccc(C=C(C#N)C(=O)NC(N)=O)o1. The van der Waals surface area contributed by atoms with Gasteiger partial charge in [-0.25, -0.2) is 9.59 Å². The van der Waals surface area contributed by atoms with E-state index in [0.29, 0.717) is 16.9 Å². The fraction of sp³-hybridized carbons (Fsp3) is 0.0588. The van der Waals surface area contributed by atoms with Gasteiger partial charge in [-0.1, -0.05) is 12.1 Å². The van der Waals surface area contributed by atoms with Crippen LogP contribution < -0.4 is 11.1 Å². The molecule has 0 saturated heterocycles. The Morgan fingerprint density at radius 1 is 1.28 bits per heavy atom. The summed E-state index contributed by atoms with van der Waals surface area (Å²) >= 11 is 0. The molecule has 0 radical (unpaired) electrons. The van der Waals surface area contributed by atoms with Crippen LogP contribution in [0.25, 0.3) is 17.4 Å². The van der Waals surface area contributed by atoms with Crippen LogP contribution in [0, 0.1) is 18.3 Å². The number of amides is 3. The van der Waals surface area contributed by atoms with Gasteiger partial charge in [0.15, 0.2) is 0 Å². The van der Waals surface area contributed by atoms with Crippen molar-refractivity contribution in [1.29, 1.82) is 5.26 Å². The van der Waals surface area contributed by atoms with Crippen LogP contribution in [0.5, 0.6) is 0 Å². The summed E-state index contributed by atoms with van der Waals surface area (Å²) < 4.78 is 5.56. The fourth-order valence-corrected chi connectivity index (χ4v) is 2.18. The molecule has 0 aliphatic heterocycles. The van der Waals surface area contributed by atoms with Crippen molar-refractivity contribution in [2.75, 3.05) is 0 Å². The summed E-state index contributed by atoms with van der Waals surface area (Å²) in [4.78, 5) is 33.5. The van der Waals surface area contributed by atoms with Gasteiger partial charge in [0.2, 0.25) is 0 Å². The molecular weight excluding hydrogens is 326 g/mol. The highest BCUT2D eigenvalue weighted by Crippen LogP contribution is 2.28. The van der Waals surface area contributed by atoms with Gasteiger partial charge < -0.3 is 15.3 Å². The zero-order valence-corrected chi connectivity index (χ0v) is 13.1. The second-order valence-electron chi connectivity index (χ2n) is 4.97. The van der Waals surface area contributed by atoms with E-state index < -0.39 is 17.9 Å². The molecule has 3 amide bonds. The van der Waals surface area contributed by atoms with Crippen molar-refractivity contribution in [3.63, 3.8) is 0 Å². The van der Waals surface area contributed by atoms with Crippen LogP contribution in [0.4, 0.5) is 4.79 Å². The Kier molecular flexibility index (Phi) is 5.00. The number of nitrogens with zero attached hydrogens (tertiary/aromatic N) is 1. The van der Waals surface area contributed by atoms with Crippen LogP contribution in [0.15, 0.2) is 40.3 Å². The summed E-state index contributed by atoms with van der Waals surface area (Å²) in [6.45, 7) is 1.65. The van der Waals surface area contributed by atoms with Gasteiger partial charge in [-0.2, -0.15) is 5.26 Å². The third-order valence-corrected chi connectivity index (χ3v) is 3.34. The molecule has 8 heteroatoms. The van der Waals surface area contributed by atoms with Crippen LogP contribution in [-0.2, 0) is 4.79 Å². The van der Waals surface area contributed by atoms with E-state index in [4.69, 9.17) is 20.5 Å². The molecule has 0 spiro atoms. The number of primary amides is 1. The lowest BCUT2D eigenvalue weighted by molar-refractivity contribution is -0.116. The summed E-state index contributed by atoms with van der Waals surface area (Å²) in [5, 5.41) is 19.9. The van der Waals surface area contributed by atoms with E-state index in [1.807, 2.05) is 0 Å². The van der Waals surface area contributed by atoms with Crippen LogP contribution >= 0.6 is 0 Å². The number of rotatable bonds is 4. The molecule has 25 heavy (non-hydrogen) atoms. The van der Waals surface area contributed by atoms with Crippen molar-refractivity contribution in [2.45, 2.75) is 6.92 Å². The molecule has 8 nitrogen and oxygen atoms in total. The molecule has 126 valence electrons. The average Bonchev–Trinajstić information content (AvgIpc) is 3.00. The van der Waals surface area contributed by atoms with Gasteiger partial charge in [0.1, 0.15) is 23.2 Å². The minimum Gasteiger partial charge on any atom is -0.478 e. The Labute approximate surface area is 142 Å². The van der Waals surface area contributed by atoms with Crippen molar-refractivity contribution in [1.82, 2.24) is 5.32 Å². The van der Waals surface area contributed by atoms with E-state index in [1.165, 1.54) is 12.1 Å². The number of aromatic carboxylic acids is 1. The number of benzene rings is 1. The van der Waals surface area contributed by atoms with Gasteiger partial charge in [0.25, 0.3) is 5.91 Å². The van der Waals surface area contributed by atoms with E-state index in [9.17, 15) is 14.4 Å². The van der Waals surface area contributed by atoms with E-state index in [0.717, 1.165) is 6.08 Å². The predicted octanol–water partition coefficient (Wildman–Crippen LogP) is 2.06. The number of carbonyl (C=O) groups is 3. The molecule has 0 saturated carbocycles. The van der Waals surface area contributed by atoms with Gasteiger partial charge in [-0.3, -0.25) is 10.1 Å². The van der Waals surface area contributed by atoms with Crippen molar-refractivity contribution in [3.05, 3.63) is 52.8 Å². The van der Waals surface area contributed by atoms with E-state index >= 15 is 0 Å². The van der Waals surface area contributed by atoms with Gasteiger partial charge in [-0.05, 0) is 30.7 Å². The number of imide groups is 1. The normalized spacial score (nSPS) is 10.8. The van der Waals surface area contributed by atoms with Gasteiger partial charge >= 0.3 is 12.0 Å². The number of carbonyl (C=O) groups excluding carboxylic acids is 2. The summed E-state index contributed by atoms with van der Waals surface area (Å²) in [6.07, 6.45) is 1.15. The monoisotopic (exact) mass is 339 g/mol. The smallest absolute Gasteiger partial charge is 0.335 e. The third kappa shape index (κ3) is 3.92. The second-order valence-corrected chi connectivity index (χ2v) is 4.97. The maximum absolute atomic E-state index is 11.6. The number of nitrogens with two attached hydrogens (primary N) is 1. The molecule has 1 aromatic carbocycles. The highest BCUT2D eigenvalue weighted by Gasteiger charge is 2.15. The molecule has 2 aromatic rings. The lowest BCUT2D eigenvalue weighted by Gasteiger charge is -2.05. The average molecular weight is 339 g/mol. The number of carboxylic acids is 1. The highest BCUT2D eigenvalue weighted by molar-refractivity contribution is 6.08. The molecular formula is C17H13N3O5. The topological polar surface area (TPSA) is 146 Å². The number of carboxylic acid groups (broad SMARTS) is 1. The quantitative estimate of drug-likeness (QED) is 0.574. The summed E-state index contributed by atoms with van der Waals surface area (Å²) in [5.41, 5.74) is 5.70. The van der Waals surface area contributed by atoms with Gasteiger partial charge in [-0.15, -0.1) is 0 Å². The third-order valence-electron chi connectivity index (χ3n) is 3.34. The first-order valence-corrected chi connectivity index (χ1v) is 6.99. The Bertz CT molecular complexity index is 934. The van der Waals surface area contributed by atoms with Crippen LogP contribution in [-0.4, -0.2) is 23.0 Å². The van der Waals surface area contributed by atoms with Crippen molar-refractivity contribution < 1.29 is 23.9 Å². The van der Waals surface area contributed by atoms with E-state index in [-0.39, 0.29) is 16.9 Å². The number of hydrogen-bond donors (Lipinski definition) is 3. The largest absolute Gasteiger partial charge is 0.478 e. The summed E-state index contributed by atoms with van der Waals surface area (Å²) in [7, 11) is 0. The minimum atomic E-state index is -1.08. The molecule has 0 atom stereocenters. The molecule has 1 heterocycles. The van der Waals surface area contributed by atoms with E-state index in [2.05, 4.69) is 0 Å². The fourth-order valence-electron chi connectivity index (χ4n) is 2.18. The Morgan fingerprint density at radius 2 is 2.00 bits per heavy atom. The number of hydrogen-bond acceptors (Lipinski definition) is 5. The maximum Gasteiger partial charge on any atom is 0.335 e. The Hall–Kier alpha value is -3.86. The van der Waals surface area contributed by atoms with Crippen LogP contribution in [0.3, 0.4) is 0 Å². The zero-order valence-electron chi connectivity index (χ0n) is 13.1. The lowest BCUT2D eigenvalue weighted by Crippen LogP contribution is -2.35. The number of nitriles is 1. The molecule has 4 N–H and O–H groups in total. The van der Waals surface area contributed by atoms with Crippen molar-refractivity contribution >= 4 is 24.0 Å². The van der Waals surface area contributed by atoms with Crippen molar-refractivity contribution in [2.24, 2.45) is 5.73 Å². The van der Waals surface area contributed by atoms with Gasteiger partial charge in [0.05, 0.1) is 5.56 Å². The predicted molar refractivity (Wildman–Crippen MR) is 87.2 cm³/mol. The highest BCUT2D eigenvalue weighted by atomic mass is 16.4. The van der Waals surface area contributed by atoms with Gasteiger partial charge in [0, 0.05) is 11.6 Å².